The summed E-state index contributed by atoms with van der Waals surface area (Å²) in [4.78, 5) is 8.66. The van der Waals surface area contributed by atoms with Crippen molar-refractivity contribution in [3.05, 3.63) is 42.2 Å². The summed E-state index contributed by atoms with van der Waals surface area (Å²) in [6.45, 7) is 5.06. The summed E-state index contributed by atoms with van der Waals surface area (Å²) in [6.07, 6.45) is 5.65. The van der Waals surface area contributed by atoms with Crippen LogP contribution in [0, 0.1) is 0 Å². The van der Waals surface area contributed by atoms with E-state index in [0.717, 1.165) is 36.7 Å². The highest BCUT2D eigenvalue weighted by atomic mass is 15.1. The molecule has 1 aromatic carbocycles. The van der Waals surface area contributed by atoms with Crippen molar-refractivity contribution < 1.29 is 0 Å². The van der Waals surface area contributed by atoms with Crippen LogP contribution < -0.4 is 10.6 Å². The summed E-state index contributed by atoms with van der Waals surface area (Å²) in [5, 5.41) is 6.50. The third kappa shape index (κ3) is 3.68. The van der Waals surface area contributed by atoms with E-state index in [-0.39, 0.29) is 0 Å². The van der Waals surface area contributed by atoms with Crippen LogP contribution in [-0.4, -0.2) is 16.5 Å². The summed E-state index contributed by atoms with van der Waals surface area (Å²) < 4.78 is 0. The van der Waals surface area contributed by atoms with Gasteiger partial charge in [-0.25, -0.2) is 4.98 Å². The molecule has 19 heavy (non-hydrogen) atoms. The van der Waals surface area contributed by atoms with Gasteiger partial charge in [-0.05, 0) is 25.0 Å². The van der Waals surface area contributed by atoms with Gasteiger partial charge in [-0.2, -0.15) is 0 Å². The van der Waals surface area contributed by atoms with Gasteiger partial charge in [0.1, 0.15) is 5.82 Å². The van der Waals surface area contributed by atoms with Gasteiger partial charge in [-0.1, -0.05) is 31.5 Å². The number of aryl methyl sites for hydroxylation is 1. The fourth-order valence-electron chi connectivity index (χ4n) is 1.96. The van der Waals surface area contributed by atoms with Crippen molar-refractivity contribution in [3.63, 3.8) is 0 Å². The first kappa shape index (κ1) is 13.3. The van der Waals surface area contributed by atoms with Crippen molar-refractivity contribution in [2.75, 3.05) is 17.2 Å². The van der Waals surface area contributed by atoms with Crippen LogP contribution in [-0.2, 0) is 6.42 Å². The molecule has 0 amide bonds. The Morgan fingerprint density at radius 2 is 1.84 bits per heavy atom. The molecular formula is C15H20N4. The first-order chi connectivity index (χ1) is 9.33. The predicted molar refractivity (Wildman–Crippen MR) is 79.9 cm³/mol. The molecule has 0 saturated carbocycles. The molecule has 0 atom stereocenters. The van der Waals surface area contributed by atoms with Gasteiger partial charge in [0.05, 0.1) is 12.4 Å². The zero-order chi connectivity index (χ0) is 13.5. The molecule has 1 heterocycles. The van der Waals surface area contributed by atoms with Crippen LogP contribution in [0.25, 0.3) is 0 Å². The number of hydrogen-bond acceptors (Lipinski definition) is 4. The van der Waals surface area contributed by atoms with E-state index in [1.165, 1.54) is 5.56 Å². The molecule has 2 rings (SSSR count). The predicted octanol–water partition coefficient (Wildman–Crippen LogP) is 3.60. The van der Waals surface area contributed by atoms with E-state index in [9.17, 15) is 0 Å². The number of hydrogen-bond donors (Lipinski definition) is 2. The standard InChI is InChI=1S/C15H20N4/c1-3-7-12-8-5-6-9-13(12)18-15-11-16-10-14(19-15)17-4-2/h5-6,8-11H,3-4,7H2,1-2H3,(H2,17,18,19). The van der Waals surface area contributed by atoms with Gasteiger partial charge in [0, 0.05) is 12.2 Å². The molecule has 0 aliphatic rings. The fourth-order valence-corrected chi connectivity index (χ4v) is 1.96. The van der Waals surface area contributed by atoms with E-state index in [1.807, 2.05) is 13.0 Å². The minimum absolute atomic E-state index is 0.766. The van der Waals surface area contributed by atoms with Gasteiger partial charge in [0.25, 0.3) is 0 Å². The van der Waals surface area contributed by atoms with Crippen LogP contribution in [0.2, 0.25) is 0 Å². The molecule has 0 spiro atoms. The van der Waals surface area contributed by atoms with Crippen molar-refractivity contribution in [3.8, 4) is 0 Å². The lowest BCUT2D eigenvalue weighted by molar-refractivity contribution is 0.923. The molecule has 1 aromatic heterocycles. The maximum absolute atomic E-state index is 4.47. The molecule has 4 heteroatoms. The summed E-state index contributed by atoms with van der Waals surface area (Å²) in [6, 6.07) is 8.32. The molecule has 4 nitrogen and oxygen atoms in total. The molecule has 2 N–H and O–H groups in total. The van der Waals surface area contributed by atoms with Gasteiger partial charge in [-0.15, -0.1) is 0 Å². The Morgan fingerprint density at radius 1 is 1.05 bits per heavy atom. The average Bonchev–Trinajstić information content (AvgIpc) is 2.42. The monoisotopic (exact) mass is 256 g/mol. The Balaban J connectivity index is 2.18. The third-order valence-corrected chi connectivity index (χ3v) is 2.79. The SMILES string of the molecule is CCCc1ccccc1Nc1cncc(NCC)n1. The molecular weight excluding hydrogens is 236 g/mol. The molecule has 0 radical (unpaired) electrons. The topological polar surface area (TPSA) is 49.8 Å². The first-order valence-corrected chi connectivity index (χ1v) is 6.74. The van der Waals surface area contributed by atoms with Crippen LogP contribution in [0.15, 0.2) is 36.7 Å². The Hall–Kier alpha value is -2.10. The van der Waals surface area contributed by atoms with Crippen LogP contribution >= 0.6 is 0 Å². The number of rotatable bonds is 6. The Labute approximate surface area is 114 Å². The largest absolute Gasteiger partial charge is 0.369 e. The third-order valence-electron chi connectivity index (χ3n) is 2.79. The molecule has 0 aliphatic heterocycles. The molecule has 0 saturated heterocycles. The molecule has 0 aliphatic carbocycles. The van der Waals surface area contributed by atoms with Gasteiger partial charge in [0.15, 0.2) is 5.82 Å². The first-order valence-electron chi connectivity index (χ1n) is 6.74. The second-order valence-corrected chi connectivity index (χ2v) is 4.35. The second kappa shape index (κ2) is 6.73. The van der Waals surface area contributed by atoms with E-state index >= 15 is 0 Å². The molecule has 0 fully saturated rings. The lowest BCUT2D eigenvalue weighted by Gasteiger charge is -2.11. The summed E-state index contributed by atoms with van der Waals surface area (Å²) in [5.41, 5.74) is 2.41. The second-order valence-electron chi connectivity index (χ2n) is 4.35. The Morgan fingerprint density at radius 3 is 2.63 bits per heavy atom. The van der Waals surface area contributed by atoms with Crippen molar-refractivity contribution in [2.45, 2.75) is 26.7 Å². The quantitative estimate of drug-likeness (QED) is 0.829. The summed E-state index contributed by atoms with van der Waals surface area (Å²) in [7, 11) is 0. The van der Waals surface area contributed by atoms with E-state index < -0.39 is 0 Å². The maximum atomic E-state index is 4.47. The van der Waals surface area contributed by atoms with E-state index in [1.54, 1.807) is 12.4 Å². The van der Waals surface area contributed by atoms with Crippen LogP contribution in [0.3, 0.4) is 0 Å². The molecule has 0 unspecified atom stereocenters. The van der Waals surface area contributed by atoms with Gasteiger partial charge in [-0.3, -0.25) is 4.98 Å². The zero-order valence-electron chi connectivity index (χ0n) is 11.5. The molecule has 2 aromatic rings. The minimum atomic E-state index is 0.766. The fraction of sp³-hybridized carbons (Fsp3) is 0.333. The number of anilines is 3. The van der Waals surface area contributed by atoms with Gasteiger partial charge >= 0.3 is 0 Å². The summed E-state index contributed by atoms with van der Waals surface area (Å²) >= 11 is 0. The normalized spacial score (nSPS) is 10.2. The van der Waals surface area contributed by atoms with Crippen LogP contribution in [0.5, 0.6) is 0 Å². The Bertz CT molecular complexity index is 525. The highest BCUT2D eigenvalue weighted by Gasteiger charge is 2.03. The highest BCUT2D eigenvalue weighted by Crippen LogP contribution is 2.21. The lowest BCUT2D eigenvalue weighted by atomic mass is 10.1. The molecule has 100 valence electrons. The smallest absolute Gasteiger partial charge is 0.151 e. The van der Waals surface area contributed by atoms with E-state index in [4.69, 9.17) is 0 Å². The number of para-hydroxylation sites is 1. The average molecular weight is 256 g/mol. The number of nitrogens with one attached hydrogen (secondary N) is 2. The molecule has 0 bridgehead atoms. The van der Waals surface area contributed by atoms with Crippen molar-refractivity contribution in [1.82, 2.24) is 9.97 Å². The number of aromatic nitrogens is 2. The highest BCUT2D eigenvalue weighted by molar-refractivity contribution is 5.61. The van der Waals surface area contributed by atoms with E-state index in [0.29, 0.717) is 0 Å². The van der Waals surface area contributed by atoms with Crippen LogP contribution in [0.1, 0.15) is 25.8 Å². The van der Waals surface area contributed by atoms with Crippen molar-refractivity contribution in [2.24, 2.45) is 0 Å². The van der Waals surface area contributed by atoms with Gasteiger partial charge < -0.3 is 10.6 Å². The van der Waals surface area contributed by atoms with Crippen LogP contribution in [0.4, 0.5) is 17.3 Å². The van der Waals surface area contributed by atoms with Crippen molar-refractivity contribution >= 4 is 17.3 Å². The number of nitrogens with zero attached hydrogens (tertiary/aromatic N) is 2. The van der Waals surface area contributed by atoms with E-state index in [2.05, 4.69) is 45.7 Å². The Kier molecular flexibility index (Phi) is 4.72. The maximum Gasteiger partial charge on any atom is 0.151 e. The van der Waals surface area contributed by atoms with Gasteiger partial charge in [0.2, 0.25) is 0 Å². The zero-order valence-corrected chi connectivity index (χ0v) is 11.5. The van der Waals surface area contributed by atoms with Crippen molar-refractivity contribution in [1.29, 1.82) is 0 Å². The minimum Gasteiger partial charge on any atom is -0.369 e. The summed E-state index contributed by atoms with van der Waals surface area (Å²) in [5.74, 6) is 1.56. The number of benzene rings is 1. The lowest BCUT2D eigenvalue weighted by Crippen LogP contribution is -2.03.